The molecule has 0 fully saturated rings. The van der Waals surface area contributed by atoms with Gasteiger partial charge in [0, 0.05) is 6.61 Å². The minimum absolute atomic E-state index is 0.276. The second-order valence-electron chi connectivity index (χ2n) is 8.81. The monoisotopic (exact) mass is 336 g/mol. The lowest BCUT2D eigenvalue weighted by Gasteiger charge is -2.36. The first-order chi connectivity index (χ1) is 9.74. The number of allylic oxidation sites excluding steroid dienone is 3. The molecule has 0 bridgehead atoms. The van der Waals surface area contributed by atoms with Crippen molar-refractivity contribution in [2.24, 2.45) is 5.92 Å². The van der Waals surface area contributed by atoms with Crippen molar-refractivity contribution in [2.45, 2.75) is 72.4 Å². The zero-order valence-electron chi connectivity index (χ0n) is 16.4. The molecule has 0 aromatic carbocycles. The van der Waals surface area contributed by atoms with E-state index in [4.69, 9.17) is 4.43 Å². The highest BCUT2D eigenvalue weighted by atomic mass is 28.4. The quantitative estimate of drug-likeness (QED) is 0.338. The molecular weight excluding hydrogens is 300 g/mol. The molecule has 1 nitrogen and oxygen atoms in total. The Morgan fingerprint density at radius 1 is 1.14 bits per heavy atom. The molecule has 0 radical (unpaired) electrons. The van der Waals surface area contributed by atoms with E-state index in [-0.39, 0.29) is 5.04 Å². The predicted octanol–water partition coefficient (Wildman–Crippen LogP) is 6.03. The smallest absolute Gasteiger partial charge is 0.192 e. The van der Waals surface area contributed by atoms with Crippen molar-refractivity contribution in [3.63, 3.8) is 0 Å². The minimum atomic E-state index is -1.64. The Labute approximate surface area is 141 Å². The topological polar surface area (TPSA) is 9.23 Å². The fourth-order valence-electron chi connectivity index (χ4n) is 1.54. The van der Waals surface area contributed by atoms with Gasteiger partial charge in [-0.1, -0.05) is 71.0 Å². The van der Waals surface area contributed by atoms with Crippen molar-refractivity contribution in [1.82, 2.24) is 0 Å². The van der Waals surface area contributed by atoms with Gasteiger partial charge in [0.05, 0.1) is 0 Å². The van der Waals surface area contributed by atoms with Crippen LogP contribution < -0.4 is 0 Å². The van der Waals surface area contributed by atoms with Gasteiger partial charge in [-0.05, 0) is 37.0 Å². The Kier molecular flexibility index (Phi) is 8.12. The molecule has 3 heteroatoms. The van der Waals surface area contributed by atoms with Crippen LogP contribution in [0.15, 0.2) is 23.8 Å². The molecule has 0 aliphatic heterocycles. The third-order valence-corrected chi connectivity index (χ3v) is 9.33. The molecule has 0 N–H and O–H groups in total. The van der Waals surface area contributed by atoms with E-state index >= 15 is 0 Å². The van der Waals surface area contributed by atoms with Crippen LogP contribution in [0.25, 0.3) is 0 Å². The first kappa shape index (κ1) is 21.4. The summed E-state index contributed by atoms with van der Waals surface area (Å²) in [6.45, 7) is 23.4. The fourth-order valence-corrected chi connectivity index (χ4v) is 3.17. The lowest BCUT2D eigenvalue weighted by atomic mass is 10.1. The molecule has 0 rings (SSSR count). The minimum Gasteiger partial charge on any atom is -0.416 e. The highest BCUT2D eigenvalue weighted by Crippen LogP contribution is 2.36. The molecule has 0 heterocycles. The van der Waals surface area contributed by atoms with Gasteiger partial charge in [0.25, 0.3) is 0 Å². The fraction of sp³-hybridized carbons (Fsp3) is 0.684. The summed E-state index contributed by atoms with van der Waals surface area (Å²) >= 11 is 0. The van der Waals surface area contributed by atoms with E-state index < -0.39 is 16.4 Å². The van der Waals surface area contributed by atoms with Gasteiger partial charge >= 0.3 is 0 Å². The summed E-state index contributed by atoms with van der Waals surface area (Å²) in [5.74, 6) is 3.61. The highest BCUT2D eigenvalue weighted by Gasteiger charge is 2.37. The summed E-state index contributed by atoms with van der Waals surface area (Å²) in [6, 6.07) is 0. The van der Waals surface area contributed by atoms with Gasteiger partial charge in [0.15, 0.2) is 8.32 Å². The van der Waals surface area contributed by atoms with Crippen LogP contribution >= 0.6 is 0 Å². The molecule has 22 heavy (non-hydrogen) atoms. The maximum Gasteiger partial charge on any atom is 0.192 e. The summed E-state index contributed by atoms with van der Waals surface area (Å²) in [7, 11) is -2.90. The maximum absolute atomic E-state index is 6.27. The van der Waals surface area contributed by atoms with Crippen LogP contribution in [0.5, 0.6) is 0 Å². The van der Waals surface area contributed by atoms with Crippen molar-refractivity contribution in [3.05, 3.63) is 23.8 Å². The Morgan fingerprint density at radius 3 is 2.14 bits per heavy atom. The summed E-state index contributed by atoms with van der Waals surface area (Å²) in [4.78, 5) is 0. The van der Waals surface area contributed by atoms with Crippen LogP contribution in [0, 0.1) is 17.4 Å². The van der Waals surface area contributed by atoms with E-state index in [1.54, 1.807) is 0 Å². The van der Waals surface area contributed by atoms with Gasteiger partial charge in [-0.25, -0.2) is 0 Å². The molecular formula is C19H36OSi2. The molecule has 0 unspecified atom stereocenters. The second kappa shape index (κ2) is 8.33. The molecule has 0 saturated carbocycles. The number of rotatable bonds is 5. The molecule has 0 aliphatic carbocycles. The van der Waals surface area contributed by atoms with Gasteiger partial charge in [0.2, 0.25) is 0 Å². The zero-order valence-corrected chi connectivity index (χ0v) is 18.4. The average Bonchev–Trinajstić information content (AvgIpc) is 2.30. The number of hydrogen-bond acceptors (Lipinski definition) is 1. The predicted molar refractivity (Wildman–Crippen MR) is 106 cm³/mol. The van der Waals surface area contributed by atoms with Gasteiger partial charge in [-0.3, -0.25) is 0 Å². The van der Waals surface area contributed by atoms with Crippen molar-refractivity contribution >= 4 is 16.4 Å². The SMILES string of the molecule is CC(/C=C/C#C[Si](C)(C)C)=C\[C@@H](C)CO[Si](C)(C)C(C)(C)C. The molecule has 0 saturated heterocycles. The standard InChI is InChI=1S/C19H36OSi2/c1-17(13-11-12-14-21(6,7)8)15-18(2)16-20-22(9,10)19(3,4)5/h11,13,15,18H,16H2,1-10H3/b13-11+,17-15+/t18-/m1/s1. The van der Waals surface area contributed by atoms with Crippen molar-refractivity contribution in [1.29, 1.82) is 0 Å². The normalized spacial score (nSPS) is 15.6. The van der Waals surface area contributed by atoms with Crippen LogP contribution in [0.2, 0.25) is 37.8 Å². The Bertz CT molecular complexity index is 462. The zero-order chi connectivity index (χ0) is 17.6. The molecule has 0 aliphatic rings. The maximum atomic E-state index is 6.27. The van der Waals surface area contributed by atoms with Crippen LogP contribution in [0.3, 0.4) is 0 Å². The molecule has 0 spiro atoms. The Hall–Kier alpha value is -0.566. The molecule has 126 valence electrons. The summed E-state index contributed by atoms with van der Waals surface area (Å²) < 4.78 is 6.27. The van der Waals surface area contributed by atoms with E-state index in [1.807, 2.05) is 6.08 Å². The molecule has 1 atom stereocenters. The Morgan fingerprint density at radius 2 is 1.68 bits per heavy atom. The van der Waals surface area contributed by atoms with Crippen LogP contribution in [0.1, 0.15) is 34.6 Å². The van der Waals surface area contributed by atoms with E-state index in [9.17, 15) is 0 Å². The molecule has 0 amide bonds. The Balaban J connectivity index is 4.54. The highest BCUT2D eigenvalue weighted by molar-refractivity contribution is 6.83. The van der Waals surface area contributed by atoms with Crippen LogP contribution in [-0.4, -0.2) is 23.0 Å². The molecule has 0 aromatic rings. The first-order valence-electron chi connectivity index (χ1n) is 8.26. The average molecular weight is 337 g/mol. The van der Waals surface area contributed by atoms with Crippen molar-refractivity contribution < 1.29 is 4.43 Å². The van der Waals surface area contributed by atoms with E-state index in [0.29, 0.717) is 5.92 Å². The summed E-state index contributed by atoms with van der Waals surface area (Å²) in [6.07, 6.45) is 6.36. The van der Waals surface area contributed by atoms with Gasteiger partial charge in [0.1, 0.15) is 8.07 Å². The third-order valence-electron chi connectivity index (χ3n) is 3.94. The summed E-state index contributed by atoms with van der Waals surface area (Å²) in [5, 5.41) is 0.276. The van der Waals surface area contributed by atoms with E-state index in [2.05, 4.69) is 91.0 Å². The first-order valence-corrected chi connectivity index (χ1v) is 14.7. The summed E-state index contributed by atoms with van der Waals surface area (Å²) in [5.41, 5.74) is 4.61. The van der Waals surface area contributed by atoms with E-state index in [1.165, 1.54) is 5.57 Å². The largest absolute Gasteiger partial charge is 0.416 e. The van der Waals surface area contributed by atoms with E-state index in [0.717, 1.165) is 6.61 Å². The second-order valence-corrected chi connectivity index (χ2v) is 18.4. The lowest BCUT2D eigenvalue weighted by Crippen LogP contribution is -2.41. The lowest BCUT2D eigenvalue weighted by molar-refractivity contribution is 0.259. The molecule has 0 aromatic heterocycles. The number of hydrogen-bond donors (Lipinski definition) is 0. The van der Waals surface area contributed by atoms with Crippen LogP contribution in [0.4, 0.5) is 0 Å². The van der Waals surface area contributed by atoms with Crippen molar-refractivity contribution in [2.75, 3.05) is 6.61 Å². The van der Waals surface area contributed by atoms with Gasteiger partial charge in [-0.2, -0.15) is 0 Å². The van der Waals surface area contributed by atoms with Crippen molar-refractivity contribution in [3.8, 4) is 11.5 Å². The third kappa shape index (κ3) is 9.45. The van der Waals surface area contributed by atoms with Gasteiger partial charge in [-0.15, -0.1) is 5.54 Å². The van der Waals surface area contributed by atoms with Gasteiger partial charge < -0.3 is 4.43 Å². The van der Waals surface area contributed by atoms with Crippen LogP contribution in [-0.2, 0) is 4.43 Å².